The Morgan fingerprint density at radius 2 is 2.14 bits per heavy atom. The molecule has 0 spiro atoms. The molecule has 0 saturated carbocycles. The maximum atomic E-state index is 10.4. The largest absolute Gasteiger partial charge is 0.493 e. The maximum Gasteiger partial charge on any atom is 0.125 e. The number of aliphatic hydroxyl groups excluding tert-OH is 1. The van der Waals surface area contributed by atoms with Gasteiger partial charge in [-0.2, -0.15) is 0 Å². The molecule has 110 valence electrons. The van der Waals surface area contributed by atoms with Crippen LogP contribution in [0.4, 0.5) is 0 Å². The van der Waals surface area contributed by atoms with E-state index < -0.39 is 6.10 Å². The van der Waals surface area contributed by atoms with Crippen LogP contribution < -0.4 is 4.74 Å². The lowest BCUT2D eigenvalue weighted by Crippen LogP contribution is -2.06. The highest BCUT2D eigenvalue weighted by Gasteiger charge is 2.21. The number of hydrogen-bond acceptors (Lipinski definition) is 3. The third-order valence-electron chi connectivity index (χ3n) is 3.39. The Hall–Kier alpha value is -0.810. The molecule has 1 unspecified atom stereocenters. The van der Waals surface area contributed by atoms with Crippen LogP contribution in [0.1, 0.15) is 22.9 Å². The SMILES string of the molecule is OC(Cc1cc(Br)cc2c1OCC2)c1ncc(Cl)cc1Cl. The van der Waals surface area contributed by atoms with Crippen molar-refractivity contribution >= 4 is 39.1 Å². The van der Waals surface area contributed by atoms with Gasteiger partial charge in [-0.1, -0.05) is 39.1 Å². The molecule has 21 heavy (non-hydrogen) atoms. The van der Waals surface area contributed by atoms with Gasteiger partial charge in [-0.15, -0.1) is 0 Å². The molecule has 1 atom stereocenters. The third-order valence-corrected chi connectivity index (χ3v) is 4.36. The van der Waals surface area contributed by atoms with Crippen LogP contribution >= 0.6 is 39.1 Å². The highest BCUT2D eigenvalue weighted by atomic mass is 79.9. The zero-order valence-corrected chi connectivity index (χ0v) is 14.0. The van der Waals surface area contributed by atoms with Gasteiger partial charge in [-0.05, 0) is 29.3 Å². The van der Waals surface area contributed by atoms with Crippen molar-refractivity contribution in [1.82, 2.24) is 4.98 Å². The molecule has 0 saturated heterocycles. The summed E-state index contributed by atoms with van der Waals surface area (Å²) in [6.07, 6.45) is 1.94. The zero-order valence-electron chi connectivity index (χ0n) is 10.9. The summed E-state index contributed by atoms with van der Waals surface area (Å²) in [5.41, 5.74) is 2.52. The predicted octanol–water partition coefficient (Wildman–Crippen LogP) is 4.36. The Balaban J connectivity index is 1.90. The average Bonchev–Trinajstić information content (AvgIpc) is 2.86. The standard InChI is InChI=1S/C15H12BrCl2NO2/c16-10-3-8-1-2-21-15(8)9(4-10)5-13(20)14-12(18)6-11(17)7-19-14/h3-4,6-7,13,20H,1-2,5H2. The molecule has 3 nitrogen and oxygen atoms in total. The van der Waals surface area contributed by atoms with Crippen LogP contribution in [0.15, 0.2) is 28.9 Å². The number of aromatic nitrogens is 1. The Kier molecular flexibility index (Phi) is 4.41. The molecule has 1 aromatic heterocycles. The van der Waals surface area contributed by atoms with E-state index in [1.807, 2.05) is 12.1 Å². The summed E-state index contributed by atoms with van der Waals surface area (Å²) in [6.45, 7) is 0.675. The fourth-order valence-electron chi connectivity index (χ4n) is 2.47. The molecule has 0 aliphatic carbocycles. The Morgan fingerprint density at radius 3 is 2.90 bits per heavy atom. The number of fused-ring (bicyclic) bond motifs is 1. The van der Waals surface area contributed by atoms with E-state index in [1.165, 1.54) is 6.20 Å². The second-order valence-corrected chi connectivity index (χ2v) is 6.65. The Morgan fingerprint density at radius 1 is 1.33 bits per heavy atom. The van der Waals surface area contributed by atoms with Gasteiger partial charge in [0.25, 0.3) is 0 Å². The van der Waals surface area contributed by atoms with Gasteiger partial charge in [0, 0.05) is 23.5 Å². The van der Waals surface area contributed by atoms with Gasteiger partial charge in [-0.3, -0.25) is 4.98 Å². The van der Waals surface area contributed by atoms with E-state index in [0.29, 0.717) is 28.8 Å². The molecule has 1 aliphatic heterocycles. The lowest BCUT2D eigenvalue weighted by molar-refractivity contribution is 0.172. The average molecular weight is 389 g/mol. The minimum absolute atomic E-state index is 0.363. The highest BCUT2D eigenvalue weighted by Crippen LogP contribution is 2.36. The van der Waals surface area contributed by atoms with E-state index in [-0.39, 0.29) is 0 Å². The van der Waals surface area contributed by atoms with Crippen molar-refractivity contribution in [3.63, 3.8) is 0 Å². The summed E-state index contributed by atoms with van der Waals surface area (Å²) in [6, 6.07) is 5.58. The van der Waals surface area contributed by atoms with Crippen molar-refractivity contribution in [2.24, 2.45) is 0 Å². The van der Waals surface area contributed by atoms with Crippen molar-refractivity contribution < 1.29 is 9.84 Å². The normalized spacial score (nSPS) is 14.7. The number of aliphatic hydroxyl groups is 1. The first-order valence-electron chi connectivity index (χ1n) is 6.47. The lowest BCUT2D eigenvalue weighted by Gasteiger charge is -2.14. The van der Waals surface area contributed by atoms with Crippen LogP contribution in [0, 0.1) is 0 Å². The first kappa shape index (κ1) is 15.1. The van der Waals surface area contributed by atoms with Crippen LogP contribution in [-0.2, 0) is 12.8 Å². The summed E-state index contributed by atoms with van der Waals surface area (Å²) >= 11 is 15.4. The number of ether oxygens (including phenoxy) is 1. The molecule has 1 aromatic carbocycles. The molecule has 2 heterocycles. The first-order valence-corrected chi connectivity index (χ1v) is 8.02. The minimum Gasteiger partial charge on any atom is -0.493 e. The molecule has 3 rings (SSSR count). The molecule has 1 N–H and O–H groups in total. The molecule has 0 radical (unpaired) electrons. The number of nitrogens with zero attached hydrogens (tertiary/aromatic N) is 1. The molecular weight excluding hydrogens is 377 g/mol. The van der Waals surface area contributed by atoms with Crippen LogP contribution in [0.3, 0.4) is 0 Å². The summed E-state index contributed by atoms with van der Waals surface area (Å²) in [5.74, 6) is 0.863. The van der Waals surface area contributed by atoms with Crippen molar-refractivity contribution in [3.8, 4) is 5.75 Å². The summed E-state index contributed by atoms with van der Waals surface area (Å²) in [4.78, 5) is 4.12. The van der Waals surface area contributed by atoms with Gasteiger partial charge < -0.3 is 9.84 Å². The number of hydrogen-bond donors (Lipinski definition) is 1. The molecular formula is C15H12BrCl2NO2. The summed E-state index contributed by atoms with van der Waals surface area (Å²) in [7, 11) is 0. The summed E-state index contributed by atoms with van der Waals surface area (Å²) in [5, 5.41) is 11.2. The molecule has 0 amide bonds. The molecule has 0 fully saturated rings. The molecule has 6 heteroatoms. The summed E-state index contributed by atoms with van der Waals surface area (Å²) < 4.78 is 6.64. The zero-order chi connectivity index (χ0) is 15.0. The quantitative estimate of drug-likeness (QED) is 0.849. The third kappa shape index (κ3) is 3.19. The fourth-order valence-corrected chi connectivity index (χ4v) is 3.53. The number of pyridine rings is 1. The monoisotopic (exact) mass is 387 g/mol. The van der Waals surface area contributed by atoms with Crippen molar-refractivity contribution in [2.45, 2.75) is 18.9 Å². The van der Waals surface area contributed by atoms with Crippen LogP contribution in [0.25, 0.3) is 0 Å². The molecule has 1 aliphatic rings. The van der Waals surface area contributed by atoms with Crippen molar-refractivity contribution in [1.29, 1.82) is 0 Å². The smallest absolute Gasteiger partial charge is 0.125 e. The topological polar surface area (TPSA) is 42.4 Å². The number of benzene rings is 1. The minimum atomic E-state index is -0.808. The van der Waals surface area contributed by atoms with Crippen molar-refractivity contribution in [2.75, 3.05) is 6.61 Å². The molecule has 2 aromatic rings. The Bertz CT molecular complexity index is 694. The fraction of sp³-hybridized carbons (Fsp3) is 0.267. The van der Waals surface area contributed by atoms with Crippen molar-refractivity contribution in [3.05, 3.63) is 55.7 Å². The van der Waals surface area contributed by atoms with Crippen LogP contribution in [0.2, 0.25) is 10.0 Å². The van der Waals surface area contributed by atoms with Gasteiger partial charge in [0.2, 0.25) is 0 Å². The maximum absolute atomic E-state index is 10.4. The second kappa shape index (κ2) is 6.13. The lowest BCUT2D eigenvalue weighted by atomic mass is 10.0. The second-order valence-electron chi connectivity index (χ2n) is 4.89. The van der Waals surface area contributed by atoms with E-state index in [2.05, 4.69) is 20.9 Å². The van der Waals surface area contributed by atoms with Crippen LogP contribution in [0.5, 0.6) is 5.75 Å². The van der Waals surface area contributed by atoms with E-state index in [1.54, 1.807) is 6.07 Å². The van der Waals surface area contributed by atoms with Gasteiger partial charge in [0.1, 0.15) is 11.9 Å². The van der Waals surface area contributed by atoms with Gasteiger partial charge in [0.05, 0.1) is 22.3 Å². The van der Waals surface area contributed by atoms with E-state index >= 15 is 0 Å². The van der Waals surface area contributed by atoms with E-state index in [4.69, 9.17) is 27.9 Å². The van der Waals surface area contributed by atoms with Gasteiger partial charge in [-0.25, -0.2) is 0 Å². The number of rotatable bonds is 3. The van der Waals surface area contributed by atoms with Crippen LogP contribution in [-0.4, -0.2) is 16.7 Å². The van der Waals surface area contributed by atoms with Gasteiger partial charge >= 0.3 is 0 Å². The molecule has 0 bridgehead atoms. The van der Waals surface area contributed by atoms with Gasteiger partial charge in [0.15, 0.2) is 0 Å². The highest BCUT2D eigenvalue weighted by molar-refractivity contribution is 9.10. The number of halogens is 3. The van der Waals surface area contributed by atoms with E-state index in [0.717, 1.165) is 27.8 Å². The van der Waals surface area contributed by atoms with E-state index in [9.17, 15) is 5.11 Å². The first-order chi connectivity index (χ1) is 10.0. The predicted molar refractivity (Wildman–Crippen MR) is 86.3 cm³/mol. The Labute approximate surface area is 141 Å².